The summed E-state index contributed by atoms with van der Waals surface area (Å²) in [4.78, 5) is 0. The summed E-state index contributed by atoms with van der Waals surface area (Å²) in [5.41, 5.74) is 7.97. The molecule has 0 N–H and O–H groups in total. The van der Waals surface area contributed by atoms with E-state index in [1.54, 1.807) is 11.1 Å². The van der Waals surface area contributed by atoms with Crippen molar-refractivity contribution in [2.24, 2.45) is 0 Å². The summed E-state index contributed by atoms with van der Waals surface area (Å²) >= 11 is 3.78. The van der Waals surface area contributed by atoms with Crippen LogP contribution in [0.4, 0.5) is 0 Å². The third-order valence-corrected chi connectivity index (χ3v) is 10.7. The lowest BCUT2D eigenvalue weighted by molar-refractivity contribution is 0.553. The summed E-state index contributed by atoms with van der Waals surface area (Å²) < 4.78 is 1.12. The van der Waals surface area contributed by atoms with Crippen LogP contribution in [0, 0.1) is 11.5 Å². The van der Waals surface area contributed by atoms with Crippen molar-refractivity contribution >= 4 is 45.5 Å². The van der Waals surface area contributed by atoms with Crippen molar-refractivity contribution in [3.05, 3.63) is 57.6 Å². The second-order valence-electron chi connectivity index (χ2n) is 14.9. The summed E-state index contributed by atoms with van der Waals surface area (Å²) in [6.07, 6.45) is 30.4. The van der Waals surface area contributed by atoms with Gasteiger partial charge in [0.25, 0.3) is 0 Å². The van der Waals surface area contributed by atoms with Crippen molar-refractivity contribution in [1.29, 1.82) is 0 Å². The number of hydrogen-bond acceptors (Lipinski definition) is 0. The molecule has 3 aromatic carbocycles. The van der Waals surface area contributed by atoms with Crippen molar-refractivity contribution in [2.45, 2.75) is 175 Å². The highest BCUT2D eigenvalue weighted by atomic mass is 79.9. The molecule has 3 aromatic rings. The molecule has 0 aliphatic heterocycles. The molecule has 0 aromatic heterocycles. The van der Waals surface area contributed by atoms with Crippen LogP contribution in [0.25, 0.3) is 21.5 Å². The van der Waals surface area contributed by atoms with Crippen LogP contribution in [0.5, 0.6) is 0 Å². The number of aryl methyl sites for hydroxylation is 2. The van der Waals surface area contributed by atoms with Crippen molar-refractivity contribution in [2.75, 3.05) is 0 Å². The van der Waals surface area contributed by atoms with Gasteiger partial charge in [0, 0.05) is 10.0 Å². The van der Waals surface area contributed by atoms with Crippen molar-refractivity contribution < 1.29 is 0 Å². The summed E-state index contributed by atoms with van der Waals surface area (Å²) in [7, 11) is -1.46. The van der Waals surface area contributed by atoms with Gasteiger partial charge in [0.15, 0.2) is 0 Å². The Bertz CT molecular complexity index is 1340. The molecular formula is C43H65BrSi. The average Bonchev–Trinajstić information content (AvgIpc) is 3.00. The van der Waals surface area contributed by atoms with E-state index in [2.05, 4.69) is 97.3 Å². The Morgan fingerprint density at radius 1 is 0.489 bits per heavy atom. The van der Waals surface area contributed by atoms with Crippen LogP contribution >= 0.6 is 15.9 Å². The first-order chi connectivity index (χ1) is 21.8. The van der Waals surface area contributed by atoms with Gasteiger partial charge in [-0.05, 0) is 82.6 Å². The highest BCUT2D eigenvalue weighted by Crippen LogP contribution is 2.32. The third-order valence-electron chi connectivity index (χ3n) is 9.36. The number of benzene rings is 3. The van der Waals surface area contributed by atoms with Crippen LogP contribution < -0.4 is 0 Å². The predicted octanol–water partition coefficient (Wildman–Crippen LogP) is 14.9. The Balaban J connectivity index is 1.69. The number of halogens is 1. The minimum Gasteiger partial charge on any atom is -0.127 e. The summed E-state index contributed by atoms with van der Waals surface area (Å²) in [5.74, 6) is 3.57. The van der Waals surface area contributed by atoms with E-state index in [0.717, 1.165) is 10.0 Å². The molecule has 0 atom stereocenters. The molecule has 0 unspecified atom stereocenters. The molecule has 0 bridgehead atoms. The molecule has 0 nitrogen and oxygen atoms in total. The summed E-state index contributed by atoms with van der Waals surface area (Å²) in [6, 6.07) is 14.4. The fraction of sp³-hybridized carbons (Fsp3) is 0.628. The van der Waals surface area contributed by atoms with Crippen LogP contribution in [-0.2, 0) is 12.8 Å². The van der Waals surface area contributed by atoms with Gasteiger partial charge in [0.2, 0.25) is 0 Å². The average molecular weight is 690 g/mol. The van der Waals surface area contributed by atoms with Crippen LogP contribution in [0.1, 0.15) is 159 Å². The fourth-order valence-corrected chi connectivity index (χ4v) is 7.63. The number of unbranched alkanes of at least 4 members (excludes halogenated alkanes) is 18. The smallest absolute Gasteiger partial charge is 0.127 e. The van der Waals surface area contributed by atoms with E-state index in [-0.39, 0.29) is 0 Å². The second kappa shape index (κ2) is 21.3. The standard InChI is InChI=1S/C43H65BrSi/c1-6-8-10-12-14-16-18-20-22-24-26-36-30-39-32-41-34-42(44)33-38(28-29-45(3,4)5)43(41)35-40(39)31-37(36)27-25-23-21-19-17-15-13-11-9-7-2/h30-35H,6-27H2,1-5H3. The minimum absolute atomic E-state index is 1.12. The molecule has 45 heavy (non-hydrogen) atoms. The Labute approximate surface area is 288 Å². The van der Waals surface area contributed by atoms with E-state index >= 15 is 0 Å². The van der Waals surface area contributed by atoms with Crippen LogP contribution in [0.15, 0.2) is 40.9 Å². The van der Waals surface area contributed by atoms with Gasteiger partial charge in [0.05, 0.1) is 0 Å². The molecule has 0 saturated heterocycles. The molecule has 248 valence electrons. The van der Waals surface area contributed by atoms with Gasteiger partial charge in [-0.2, -0.15) is 0 Å². The van der Waals surface area contributed by atoms with Crippen molar-refractivity contribution in [3.8, 4) is 11.5 Å². The van der Waals surface area contributed by atoms with E-state index in [1.165, 1.54) is 163 Å². The highest BCUT2D eigenvalue weighted by molar-refractivity contribution is 9.10. The minimum atomic E-state index is -1.46. The maximum absolute atomic E-state index is 3.78. The highest BCUT2D eigenvalue weighted by Gasteiger charge is 2.11. The van der Waals surface area contributed by atoms with Gasteiger partial charge in [-0.25, -0.2) is 0 Å². The Hall–Kier alpha value is -1.56. The van der Waals surface area contributed by atoms with Gasteiger partial charge in [-0.1, -0.05) is 183 Å². The lowest BCUT2D eigenvalue weighted by atomic mass is 9.91. The first kappa shape index (κ1) is 37.9. The molecule has 0 aliphatic rings. The van der Waals surface area contributed by atoms with E-state index < -0.39 is 8.07 Å². The van der Waals surface area contributed by atoms with Crippen LogP contribution in [-0.4, -0.2) is 8.07 Å². The van der Waals surface area contributed by atoms with E-state index in [9.17, 15) is 0 Å². The van der Waals surface area contributed by atoms with Gasteiger partial charge in [-0.15, -0.1) is 5.54 Å². The topological polar surface area (TPSA) is 0 Å². The molecule has 0 saturated carbocycles. The zero-order valence-corrected chi connectivity index (χ0v) is 32.5. The summed E-state index contributed by atoms with van der Waals surface area (Å²) in [5, 5.41) is 5.36. The Kier molecular flexibility index (Phi) is 18.0. The monoisotopic (exact) mass is 688 g/mol. The molecule has 0 amide bonds. The van der Waals surface area contributed by atoms with E-state index in [1.807, 2.05) is 0 Å². The maximum Gasteiger partial charge on any atom is 0.129 e. The Morgan fingerprint density at radius 3 is 1.36 bits per heavy atom. The molecule has 2 heteroatoms. The normalized spacial score (nSPS) is 11.8. The number of hydrogen-bond donors (Lipinski definition) is 0. The lowest BCUT2D eigenvalue weighted by Crippen LogP contribution is -2.16. The predicted molar refractivity (Wildman–Crippen MR) is 210 cm³/mol. The van der Waals surface area contributed by atoms with Crippen molar-refractivity contribution in [3.63, 3.8) is 0 Å². The van der Waals surface area contributed by atoms with Crippen LogP contribution in [0.2, 0.25) is 19.6 Å². The molecule has 0 aliphatic carbocycles. The maximum atomic E-state index is 3.78. The molecule has 0 fully saturated rings. The van der Waals surface area contributed by atoms with Gasteiger partial charge < -0.3 is 0 Å². The first-order valence-electron chi connectivity index (χ1n) is 19.0. The zero-order valence-electron chi connectivity index (χ0n) is 29.9. The quantitative estimate of drug-likeness (QED) is 0.0426. The van der Waals surface area contributed by atoms with Gasteiger partial charge >= 0.3 is 0 Å². The fourth-order valence-electron chi connectivity index (χ4n) is 6.65. The van der Waals surface area contributed by atoms with Gasteiger partial charge in [-0.3, -0.25) is 0 Å². The zero-order chi connectivity index (χ0) is 32.3. The van der Waals surface area contributed by atoms with Crippen LogP contribution in [0.3, 0.4) is 0 Å². The molecule has 3 rings (SSSR count). The lowest BCUT2D eigenvalue weighted by Gasteiger charge is -2.14. The number of fused-ring (bicyclic) bond motifs is 2. The van der Waals surface area contributed by atoms with E-state index in [4.69, 9.17) is 0 Å². The molecule has 0 spiro atoms. The van der Waals surface area contributed by atoms with Crippen molar-refractivity contribution in [1.82, 2.24) is 0 Å². The largest absolute Gasteiger partial charge is 0.129 e. The molecular weight excluding hydrogens is 624 g/mol. The van der Waals surface area contributed by atoms with E-state index in [0.29, 0.717) is 0 Å². The SMILES string of the molecule is CCCCCCCCCCCCc1cc2cc3cc(Br)cc(C#C[Si](C)(C)C)c3cc2cc1CCCCCCCCCCCC. The molecule has 0 heterocycles. The third kappa shape index (κ3) is 14.8. The number of rotatable bonds is 22. The second-order valence-corrected chi connectivity index (χ2v) is 20.5. The molecule has 0 radical (unpaired) electrons. The Morgan fingerprint density at radius 2 is 0.911 bits per heavy atom. The summed E-state index contributed by atoms with van der Waals surface area (Å²) in [6.45, 7) is 11.6. The van der Waals surface area contributed by atoms with Gasteiger partial charge in [0.1, 0.15) is 8.07 Å². The first-order valence-corrected chi connectivity index (χ1v) is 23.3.